The van der Waals surface area contributed by atoms with Crippen LogP contribution in [0.25, 0.3) is 0 Å². The van der Waals surface area contributed by atoms with Gasteiger partial charge in [0.25, 0.3) is 0 Å². The maximum atomic E-state index is 11.7. The van der Waals surface area contributed by atoms with Gasteiger partial charge in [0.05, 0.1) is 25.3 Å². The van der Waals surface area contributed by atoms with E-state index >= 15 is 0 Å². The number of unbranched alkanes of at least 4 members (excludes halogenated alkanes) is 5. The number of carbonyl (C=O) groups is 1. The molecule has 1 rings (SSSR count). The van der Waals surface area contributed by atoms with Crippen molar-refractivity contribution in [2.75, 3.05) is 13.2 Å². The van der Waals surface area contributed by atoms with Crippen LogP contribution < -0.4 is 5.32 Å². The van der Waals surface area contributed by atoms with E-state index in [9.17, 15) is 4.79 Å². The molecule has 1 aromatic rings. The number of hydrogen-bond donors (Lipinski definition) is 1. The van der Waals surface area contributed by atoms with Crippen LogP contribution in [-0.4, -0.2) is 19.1 Å². The summed E-state index contributed by atoms with van der Waals surface area (Å²) in [5, 5.41) is 3.41. The lowest BCUT2D eigenvalue weighted by atomic mass is 10.1. The predicted molar refractivity (Wildman–Crippen MR) is 84.1 cm³/mol. The summed E-state index contributed by atoms with van der Waals surface area (Å²) >= 11 is 0. The maximum Gasteiger partial charge on any atom is 0.307 e. The van der Waals surface area contributed by atoms with Gasteiger partial charge in [0.1, 0.15) is 5.76 Å². The van der Waals surface area contributed by atoms with E-state index < -0.39 is 0 Å². The molecule has 0 aliphatic carbocycles. The van der Waals surface area contributed by atoms with Crippen molar-refractivity contribution in [3.63, 3.8) is 0 Å². The standard InChI is InChI=1S/C17H29NO3/c1-3-5-6-7-8-9-12-18-15(14-17(19)20-4-2)16-11-10-13-21-16/h10-11,13,15,18H,3-9,12,14H2,1-2H3. The van der Waals surface area contributed by atoms with Crippen molar-refractivity contribution in [1.82, 2.24) is 5.32 Å². The Morgan fingerprint density at radius 2 is 2.00 bits per heavy atom. The molecule has 1 N–H and O–H groups in total. The van der Waals surface area contributed by atoms with Crippen LogP contribution in [0.2, 0.25) is 0 Å². The van der Waals surface area contributed by atoms with Gasteiger partial charge in [-0.2, -0.15) is 0 Å². The molecule has 1 atom stereocenters. The first-order valence-electron chi connectivity index (χ1n) is 8.20. The summed E-state index contributed by atoms with van der Waals surface area (Å²) in [5.41, 5.74) is 0. The van der Waals surface area contributed by atoms with Crippen LogP contribution >= 0.6 is 0 Å². The molecule has 0 aliphatic rings. The molecule has 1 unspecified atom stereocenters. The van der Waals surface area contributed by atoms with E-state index in [1.54, 1.807) is 6.26 Å². The fourth-order valence-electron chi connectivity index (χ4n) is 2.33. The minimum atomic E-state index is -0.186. The molecule has 1 aromatic heterocycles. The molecule has 4 heteroatoms. The Hall–Kier alpha value is -1.29. The van der Waals surface area contributed by atoms with Crippen LogP contribution in [-0.2, 0) is 9.53 Å². The molecule has 0 aliphatic heterocycles. The Morgan fingerprint density at radius 1 is 1.24 bits per heavy atom. The molecule has 0 saturated carbocycles. The lowest BCUT2D eigenvalue weighted by Crippen LogP contribution is -2.25. The minimum Gasteiger partial charge on any atom is -0.468 e. The highest BCUT2D eigenvalue weighted by Gasteiger charge is 2.18. The lowest BCUT2D eigenvalue weighted by molar-refractivity contribution is -0.143. The second kappa shape index (κ2) is 11.4. The zero-order valence-electron chi connectivity index (χ0n) is 13.4. The average molecular weight is 295 g/mol. The summed E-state index contributed by atoms with van der Waals surface area (Å²) in [7, 11) is 0. The number of carbonyl (C=O) groups excluding carboxylic acids is 1. The Morgan fingerprint density at radius 3 is 2.67 bits per heavy atom. The van der Waals surface area contributed by atoms with Crippen molar-refractivity contribution < 1.29 is 13.9 Å². The predicted octanol–water partition coefficient (Wildman–Crippen LogP) is 4.22. The molecular formula is C17H29NO3. The van der Waals surface area contributed by atoms with Crippen molar-refractivity contribution in [2.45, 2.75) is 64.8 Å². The van der Waals surface area contributed by atoms with Gasteiger partial charge >= 0.3 is 5.97 Å². The van der Waals surface area contributed by atoms with Crippen molar-refractivity contribution in [1.29, 1.82) is 0 Å². The first kappa shape index (κ1) is 17.8. The van der Waals surface area contributed by atoms with Gasteiger partial charge < -0.3 is 14.5 Å². The van der Waals surface area contributed by atoms with Crippen molar-refractivity contribution in [3.05, 3.63) is 24.2 Å². The zero-order chi connectivity index (χ0) is 15.3. The van der Waals surface area contributed by atoms with Crippen LogP contribution in [0.3, 0.4) is 0 Å². The van der Waals surface area contributed by atoms with E-state index in [1.807, 2.05) is 19.1 Å². The third kappa shape index (κ3) is 7.90. The van der Waals surface area contributed by atoms with Gasteiger partial charge in [0.2, 0.25) is 0 Å². The molecule has 4 nitrogen and oxygen atoms in total. The zero-order valence-corrected chi connectivity index (χ0v) is 13.4. The Bertz CT molecular complexity index is 362. The number of rotatable bonds is 12. The lowest BCUT2D eigenvalue weighted by Gasteiger charge is -2.15. The normalized spacial score (nSPS) is 12.3. The van der Waals surface area contributed by atoms with E-state index in [4.69, 9.17) is 9.15 Å². The molecule has 21 heavy (non-hydrogen) atoms. The van der Waals surface area contributed by atoms with Crippen molar-refractivity contribution in [3.8, 4) is 0 Å². The van der Waals surface area contributed by atoms with Gasteiger partial charge in [0, 0.05) is 0 Å². The molecule has 0 bridgehead atoms. The Labute approximate surface area is 128 Å². The topological polar surface area (TPSA) is 51.5 Å². The fourth-order valence-corrected chi connectivity index (χ4v) is 2.33. The summed E-state index contributed by atoms with van der Waals surface area (Å²) in [6, 6.07) is 3.66. The minimum absolute atomic E-state index is 0.0882. The third-order valence-electron chi connectivity index (χ3n) is 3.48. The average Bonchev–Trinajstić information content (AvgIpc) is 2.99. The summed E-state index contributed by atoms with van der Waals surface area (Å²) in [6.45, 7) is 5.37. The number of ether oxygens (including phenoxy) is 1. The van der Waals surface area contributed by atoms with Crippen LogP contribution in [0.1, 0.15) is 70.6 Å². The third-order valence-corrected chi connectivity index (χ3v) is 3.48. The highest BCUT2D eigenvalue weighted by molar-refractivity contribution is 5.70. The first-order chi connectivity index (χ1) is 10.3. The molecule has 0 fully saturated rings. The van der Waals surface area contributed by atoms with Gasteiger partial charge in [-0.1, -0.05) is 39.0 Å². The van der Waals surface area contributed by atoms with Crippen molar-refractivity contribution >= 4 is 5.97 Å². The molecule has 120 valence electrons. The van der Waals surface area contributed by atoms with E-state index in [-0.39, 0.29) is 12.0 Å². The van der Waals surface area contributed by atoms with Crippen LogP contribution in [0.15, 0.2) is 22.8 Å². The van der Waals surface area contributed by atoms with E-state index in [1.165, 1.54) is 32.1 Å². The molecule has 0 saturated heterocycles. The highest BCUT2D eigenvalue weighted by Crippen LogP contribution is 2.18. The number of esters is 1. The van der Waals surface area contributed by atoms with Crippen molar-refractivity contribution in [2.24, 2.45) is 0 Å². The van der Waals surface area contributed by atoms with E-state index in [0.717, 1.165) is 18.7 Å². The molecule has 0 amide bonds. The maximum absolute atomic E-state index is 11.7. The number of nitrogens with one attached hydrogen (secondary N) is 1. The molecule has 0 aromatic carbocycles. The summed E-state index contributed by atoms with van der Waals surface area (Å²) in [5.74, 6) is 0.614. The summed E-state index contributed by atoms with van der Waals surface area (Å²) in [6.07, 6.45) is 9.53. The van der Waals surface area contributed by atoms with Gasteiger partial charge in [-0.25, -0.2) is 0 Å². The summed E-state index contributed by atoms with van der Waals surface area (Å²) in [4.78, 5) is 11.7. The molecule has 1 heterocycles. The van der Waals surface area contributed by atoms with Gasteiger partial charge in [0.15, 0.2) is 0 Å². The van der Waals surface area contributed by atoms with E-state index in [2.05, 4.69) is 12.2 Å². The first-order valence-corrected chi connectivity index (χ1v) is 8.20. The smallest absolute Gasteiger partial charge is 0.307 e. The molecule has 0 spiro atoms. The van der Waals surface area contributed by atoms with Crippen LogP contribution in [0, 0.1) is 0 Å². The quantitative estimate of drug-likeness (QED) is 0.463. The van der Waals surface area contributed by atoms with Gasteiger partial charge in [-0.15, -0.1) is 0 Å². The largest absolute Gasteiger partial charge is 0.468 e. The monoisotopic (exact) mass is 295 g/mol. The Kier molecular flexibility index (Phi) is 9.62. The second-order valence-electron chi connectivity index (χ2n) is 5.30. The van der Waals surface area contributed by atoms with Gasteiger partial charge in [-0.05, 0) is 32.0 Å². The fraction of sp³-hybridized carbons (Fsp3) is 0.706. The van der Waals surface area contributed by atoms with E-state index in [0.29, 0.717) is 13.0 Å². The molecular weight excluding hydrogens is 266 g/mol. The number of furan rings is 1. The van der Waals surface area contributed by atoms with Crippen LogP contribution in [0.4, 0.5) is 0 Å². The summed E-state index contributed by atoms with van der Waals surface area (Å²) < 4.78 is 10.4. The Balaban J connectivity index is 2.28. The van der Waals surface area contributed by atoms with Crippen LogP contribution in [0.5, 0.6) is 0 Å². The molecule has 0 radical (unpaired) electrons. The van der Waals surface area contributed by atoms with Gasteiger partial charge in [-0.3, -0.25) is 4.79 Å². The highest BCUT2D eigenvalue weighted by atomic mass is 16.5. The number of hydrogen-bond acceptors (Lipinski definition) is 4. The second-order valence-corrected chi connectivity index (χ2v) is 5.30. The SMILES string of the molecule is CCCCCCCCNC(CC(=O)OCC)c1ccco1.